The molecule has 3 rings (SSSR count). The van der Waals surface area contributed by atoms with Crippen molar-refractivity contribution in [2.75, 3.05) is 6.54 Å². The number of imidazole rings is 1. The molecule has 2 bridgehead atoms. The predicted molar refractivity (Wildman–Crippen MR) is 68.1 cm³/mol. The van der Waals surface area contributed by atoms with Gasteiger partial charge >= 0.3 is 6.03 Å². The number of carbonyl (C=O) groups excluding carboxylic acids is 1. The van der Waals surface area contributed by atoms with Gasteiger partial charge < -0.3 is 14.8 Å². The summed E-state index contributed by atoms with van der Waals surface area (Å²) in [5.41, 5.74) is 0. The lowest BCUT2D eigenvalue weighted by Gasteiger charge is -2.28. The van der Waals surface area contributed by atoms with E-state index in [1.54, 1.807) is 12.5 Å². The Bertz CT molecular complexity index is 417. The third-order valence-electron chi connectivity index (χ3n) is 4.08. The molecule has 1 aliphatic carbocycles. The summed E-state index contributed by atoms with van der Waals surface area (Å²) in [4.78, 5) is 18.2. The summed E-state index contributed by atoms with van der Waals surface area (Å²) in [6, 6.07) is 0.732. The van der Waals surface area contributed by atoms with Crippen molar-refractivity contribution in [3.05, 3.63) is 18.7 Å². The molecule has 1 aromatic rings. The van der Waals surface area contributed by atoms with Gasteiger partial charge in [-0.25, -0.2) is 9.78 Å². The van der Waals surface area contributed by atoms with Crippen LogP contribution in [0.2, 0.25) is 0 Å². The molecule has 2 fully saturated rings. The van der Waals surface area contributed by atoms with Gasteiger partial charge in [-0.2, -0.15) is 0 Å². The van der Waals surface area contributed by atoms with Crippen molar-refractivity contribution < 1.29 is 4.79 Å². The zero-order valence-electron chi connectivity index (χ0n) is 10.7. The number of aromatic nitrogens is 2. The maximum absolute atomic E-state index is 12.2. The Balaban J connectivity index is 1.51. The van der Waals surface area contributed by atoms with Gasteiger partial charge in [0.15, 0.2) is 0 Å². The van der Waals surface area contributed by atoms with Crippen molar-refractivity contribution in [3.8, 4) is 0 Å². The summed E-state index contributed by atoms with van der Waals surface area (Å²) >= 11 is 0. The highest BCUT2D eigenvalue weighted by atomic mass is 16.2. The molecule has 3 unspecified atom stereocenters. The minimum absolute atomic E-state index is 0.106. The molecule has 0 radical (unpaired) electrons. The monoisotopic (exact) mass is 248 g/mol. The second-order valence-electron chi connectivity index (χ2n) is 5.60. The molecule has 2 amide bonds. The van der Waals surface area contributed by atoms with Crippen molar-refractivity contribution in [3.63, 3.8) is 0 Å². The molecule has 1 saturated heterocycles. The summed E-state index contributed by atoms with van der Waals surface area (Å²) in [6.07, 6.45) is 9.16. The van der Waals surface area contributed by atoms with Crippen LogP contribution in [0.15, 0.2) is 18.7 Å². The third-order valence-corrected chi connectivity index (χ3v) is 4.08. The number of nitrogens with one attached hydrogen (secondary N) is 1. The van der Waals surface area contributed by atoms with Crippen molar-refractivity contribution >= 4 is 6.03 Å². The lowest BCUT2D eigenvalue weighted by Crippen LogP contribution is -2.48. The number of urea groups is 1. The fourth-order valence-corrected chi connectivity index (χ4v) is 3.22. The summed E-state index contributed by atoms with van der Waals surface area (Å²) in [6.45, 7) is 3.76. The first kappa shape index (κ1) is 11.6. The Morgan fingerprint density at radius 2 is 2.44 bits per heavy atom. The molecule has 5 heteroatoms. The van der Waals surface area contributed by atoms with Gasteiger partial charge in [0.05, 0.1) is 6.33 Å². The van der Waals surface area contributed by atoms with E-state index < -0.39 is 0 Å². The number of carbonyl (C=O) groups is 1. The van der Waals surface area contributed by atoms with Gasteiger partial charge in [-0.1, -0.05) is 0 Å². The van der Waals surface area contributed by atoms with Gasteiger partial charge in [-0.3, -0.25) is 0 Å². The lowest BCUT2D eigenvalue weighted by molar-refractivity contribution is 0.177. The van der Waals surface area contributed by atoms with E-state index in [0.717, 1.165) is 19.0 Å². The molecule has 2 heterocycles. The number of nitrogens with zero attached hydrogens (tertiary/aromatic N) is 3. The molecule has 1 N–H and O–H groups in total. The van der Waals surface area contributed by atoms with Gasteiger partial charge in [0.1, 0.15) is 0 Å². The first-order valence-corrected chi connectivity index (χ1v) is 6.75. The lowest BCUT2D eigenvalue weighted by atomic mass is 10.1. The first-order valence-electron chi connectivity index (χ1n) is 6.75. The molecule has 0 aromatic carbocycles. The number of amides is 2. The minimum atomic E-state index is 0.106. The van der Waals surface area contributed by atoms with Crippen molar-refractivity contribution in [1.29, 1.82) is 0 Å². The van der Waals surface area contributed by atoms with E-state index in [1.165, 1.54) is 19.3 Å². The zero-order valence-corrected chi connectivity index (χ0v) is 10.7. The van der Waals surface area contributed by atoms with Crippen LogP contribution in [-0.2, 0) is 6.54 Å². The molecule has 5 nitrogen and oxygen atoms in total. The van der Waals surface area contributed by atoms with Crippen molar-refractivity contribution in [1.82, 2.24) is 19.8 Å². The summed E-state index contributed by atoms with van der Waals surface area (Å²) < 4.78 is 1.99. The van der Waals surface area contributed by atoms with Crippen molar-refractivity contribution in [2.45, 2.75) is 44.8 Å². The Hall–Kier alpha value is -1.52. The number of rotatable bonds is 3. The quantitative estimate of drug-likeness (QED) is 0.880. The van der Waals surface area contributed by atoms with Gasteiger partial charge in [0.2, 0.25) is 0 Å². The normalized spacial score (nSPS) is 27.5. The van der Waals surface area contributed by atoms with Crippen LogP contribution in [-0.4, -0.2) is 39.1 Å². The molecule has 18 heavy (non-hydrogen) atoms. The molecule has 2 aliphatic rings. The molecule has 1 aliphatic heterocycles. The van der Waals surface area contributed by atoms with Crippen LogP contribution >= 0.6 is 0 Å². The summed E-state index contributed by atoms with van der Waals surface area (Å²) in [5, 5.41) is 3.08. The molecule has 1 saturated carbocycles. The second-order valence-corrected chi connectivity index (χ2v) is 5.60. The predicted octanol–water partition coefficient (Wildman–Crippen LogP) is 1.47. The van der Waals surface area contributed by atoms with Gasteiger partial charge in [-0.15, -0.1) is 0 Å². The van der Waals surface area contributed by atoms with Gasteiger partial charge in [0, 0.05) is 37.6 Å². The second kappa shape index (κ2) is 4.63. The largest absolute Gasteiger partial charge is 0.335 e. The van der Waals surface area contributed by atoms with Crippen molar-refractivity contribution in [2.24, 2.45) is 5.92 Å². The SMILES string of the molecule is CC(Cn1ccnc1)NC(=O)N1CC2CCC1C2. The topological polar surface area (TPSA) is 50.2 Å². The Morgan fingerprint density at radius 3 is 3.06 bits per heavy atom. The standard InChI is InChI=1S/C13H20N4O/c1-10(7-16-5-4-14-9-16)15-13(18)17-8-11-2-3-12(17)6-11/h4-5,9-12H,2-3,6-8H2,1H3,(H,15,18). The number of fused-ring (bicyclic) bond motifs is 2. The van der Waals surface area contributed by atoms with Crippen LogP contribution in [0.3, 0.4) is 0 Å². The molecular weight excluding hydrogens is 228 g/mol. The Labute approximate surface area is 107 Å². The highest BCUT2D eigenvalue weighted by Gasteiger charge is 2.40. The average molecular weight is 248 g/mol. The number of hydrogen-bond acceptors (Lipinski definition) is 2. The van der Waals surface area contributed by atoms with Gasteiger partial charge in [0.25, 0.3) is 0 Å². The number of hydrogen-bond donors (Lipinski definition) is 1. The molecular formula is C13H20N4O. The molecule has 3 atom stereocenters. The molecule has 98 valence electrons. The molecule has 1 aromatic heterocycles. The van der Waals surface area contributed by atoms with Crippen LogP contribution in [0.4, 0.5) is 4.79 Å². The van der Waals surface area contributed by atoms with Crippen LogP contribution in [0.25, 0.3) is 0 Å². The van der Waals surface area contributed by atoms with Gasteiger partial charge in [-0.05, 0) is 32.1 Å². The molecule has 0 spiro atoms. The zero-order chi connectivity index (χ0) is 12.5. The van der Waals surface area contributed by atoms with E-state index in [0.29, 0.717) is 6.04 Å². The summed E-state index contributed by atoms with van der Waals surface area (Å²) in [5.74, 6) is 0.754. The summed E-state index contributed by atoms with van der Waals surface area (Å²) in [7, 11) is 0. The smallest absolute Gasteiger partial charge is 0.317 e. The average Bonchev–Trinajstić information content (AvgIpc) is 3.04. The van der Waals surface area contributed by atoms with Crippen LogP contribution in [0.5, 0.6) is 0 Å². The number of piperidine rings is 1. The fourth-order valence-electron chi connectivity index (χ4n) is 3.22. The Morgan fingerprint density at radius 1 is 1.56 bits per heavy atom. The van der Waals surface area contributed by atoms with Crippen LogP contribution in [0, 0.1) is 5.92 Å². The van der Waals surface area contributed by atoms with E-state index in [9.17, 15) is 4.79 Å². The Kier molecular flexibility index (Phi) is 2.97. The van der Waals surface area contributed by atoms with E-state index in [-0.39, 0.29) is 12.1 Å². The van der Waals surface area contributed by atoms with Crippen LogP contribution < -0.4 is 5.32 Å². The maximum atomic E-state index is 12.2. The number of likely N-dealkylation sites (tertiary alicyclic amines) is 1. The first-order chi connectivity index (χ1) is 8.72. The fraction of sp³-hybridized carbons (Fsp3) is 0.692. The minimum Gasteiger partial charge on any atom is -0.335 e. The van der Waals surface area contributed by atoms with Crippen LogP contribution in [0.1, 0.15) is 26.2 Å². The highest BCUT2D eigenvalue weighted by Crippen LogP contribution is 2.37. The highest BCUT2D eigenvalue weighted by molar-refractivity contribution is 5.75. The maximum Gasteiger partial charge on any atom is 0.317 e. The third kappa shape index (κ3) is 2.21. The van der Waals surface area contributed by atoms with E-state index >= 15 is 0 Å². The van der Waals surface area contributed by atoms with E-state index in [2.05, 4.69) is 10.3 Å². The van der Waals surface area contributed by atoms with E-state index in [1.807, 2.05) is 22.6 Å². The van der Waals surface area contributed by atoms with E-state index in [4.69, 9.17) is 0 Å².